The number of carbonyl (C=O) groups is 1. The molecule has 1 heterocycles. The van der Waals surface area contributed by atoms with Crippen LogP contribution in [0.2, 0.25) is 0 Å². The summed E-state index contributed by atoms with van der Waals surface area (Å²) in [6.45, 7) is 0. The van der Waals surface area contributed by atoms with E-state index in [2.05, 4.69) is 15.5 Å². The molecular weight excluding hydrogens is 367 g/mol. The van der Waals surface area contributed by atoms with Gasteiger partial charge in [0.2, 0.25) is 5.88 Å². The maximum atomic E-state index is 12.8. The Labute approximate surface area is 158 Å². The molecule has 0 bridgehead atoms. The number of rotatable bonds is 6. The smallest absolute Gasteiger partial charge is 0.287 e. The molecule has 0 aliphatic carbocycles. The largest absolute Gasteiger partial charge is 0.439 e. The Hall–Kier alpha value is -4.14. The highest BCUT2D eigenvalue weighted by molar-refractivity contribution is 5.94. The third-order valence-corrected chi connectivity index (χ3v) is 3.52. The van der Waals surface area contributed by atoms with Gasteiger partial charge in [-0.05, 0) is 54.1 Å². The second-order valence-electron chi connectivity index (χ2n) is 5.49. The number of halogens is 1. The third kappa shape index (κ3) is 4.94. The molecule has 0 aliphatic heterocycles. The van der Waals surface area contributed by atoms with E-state index in [1.807, 2.05) is 0 Å². The predicted octanol–water partition coefficient (Wildman–Crippen LogP) is 3.69. The van der Waals surface area contributed by atoms with Gasteiger partial charge in [0.1, 0.15) is 17.8 Å². The lowest BCUT2D eigenvalue weighted by molar-refractivity contribution is -0.385. The summed E-state index contributed by atoms with van der Waals surface area (Å²) in [6, 6.07) is 14.5. The summed E-state index contributed by atoms with van der Waals surface area (Å²) in [5.41, 5.74) is 3.21. The molecule has 0 spiro atoms. The molecule has 0 fully saturated rings. The van der Waals surface area contributed by atoms with Gasteiger partial charge >= 0.3 is 0 Å². The number of nitrogens with one attached hydrogen (secondary N) is 1. The third-order valence-electron chi connectivity index (χ3n) is 3.52. The first-order valence-electron chi connectivity index (χ1n) is 7.98. The van der Waals surface area contributed by atoms with Gasteiger partial charge in [-0.1, -0.05) is 0 Å². The van der Waals surface area contributed by atoms with Gasteiger partial charge in [0.15, 0.2) is 0 Å². The van der Waals surface area contributed by atoms with Gasteiger partial charge < -0.3 is 4.74 Å². The predicted molar refractivity (Wildman–Crippen MR) is 98.9 cm³/mol. The molecule has 28 heavy (non-hydrogen) atoms. The number of ether oxygens (including phenoxy) is 1. The average Bonchev–Trinajstić information content (AvgIpc) is 2.70. The Morgan fingerprint density at radius 2 is 1.82 bits per heavy atom. The minimum absolute atomic E-state index is 0.124. The van der Waals surface area contributed by atoms with Crippen LogP contribution in [-0.2, 0) is 0 Å². The van der Waals surface area contributed by atoms with E-state index in [4.69, 9.17) is 4.74 Å². The minimum Gasteiger partial charge on any atom is -0.439 e. The van der Waals surface area contributed by atoms with Crippen molar-refractivity contribution in [3.8, 4) is 11.6 Å². The Kier molecular flexibility index (Phi) is 5.66. The molecule has 0 saturated carbocycles. The van der Waals surface area contributed by atoms with Crippen molar-refractivity contribution >= 4 is 17.8 Å². The number of carbonyl (C=O) groups excluding carboxylic acids is 1. The number of benzene rings is 2. The zero-order chi connectivity index (χ0) is 19.9. The van der Waals surface area contributed by atoms with Gasteiger partial charge in [-0.3, -0.25) is 14.9 Å². The molecule has 1 N–H and O–H groups in total. The van der Waals surface area contributed by atoms with Crippen LogP contribution in [0.4, 0.5) is 10.1 Å². The minimum atomic E-state index is -0.542. The molecule has 0 atom stereocenters. The SMILES string of the molecule is O=C(NN=Cc1ccc(Oc2ccc([N+](=O)[O-])cn2)cc1)c1ccc(F)cc1. The van der Waals surface area contributed by atoms with Gasteiger partial charge in [-0.15, -0.1) is 0 Å². The molecule has 8 nitrogen and oxygen atoms in total. The second-order valence-corrected chi connectivity index (χ2v) is 5.49. The first kappa shape index (κ1) is 18.6. The molecule has 0 radical (unpaired) electrons. The zero-order valence-electron chi connectivity index (χ0n) is 14.3. The van der Waals surface area contributed by atoms with Crippen molar-refractivity contribution in [2.75, 3.05) is 0 Å². The summed E-state index contributed by atoms with van der Waals surface area (Å²) in [4.78, 5) is 25.8. The van der Waals surface area contributed by atoms with Crippen molar-refractivity contribution in [1.82, 2.24) is 10.4 Å². The fourth-order valence-electron chi connectivity index (χ4n) is 2.11. The standard InChI is InChI=1S/C19H13FN4O4/c20-15-5-3-14(4-6-15)19(25)23-22-11-13-1-8-17(9-2-13)28-18-10-7-16(12-21-18)24(26)27/h1-12H,(H,23,25). The van der Waals surface area contributed by atoms with Gasteiger partial charge in [0, 0.05) is 17.7 Å². The van der Waals surface area contributed by atoms with Crippen molar-refractivity contribution < 1.29 is 18.8 Å². The summed E-state index contributed by atoms with van der Waals surface area (Å²) in [7, 11) is 0. The first-order valence-corrected chi connectivity index (χ1v) is 7.98. The first-order chi connectivity index (χ1) is 13.5. The highest BCUT2D eigenvalue weighted by Gasteiger charge is 2.06. The Morgan fingerprint density at radius 1 is 1.11 bits per heavy atom. The lowest BCUT2D eigenvalue weighted by Gasteiger charge is -2.04. The fraction of sp³-hybridized carbons (Fsp3) is 0. The van der Waals surface area contributed by atoms with Crippen LogP contribution >= 0.6 is 0 Å². The van der Waals surface area contributed by atoms with Gasteiger partial charge in [-0.2, -0.15) is 5.10 Å². The van der Waals surface area contributed by atoms with Gasteiger partial charge in [0.05, 0.1) is 11.1 Å². The van der Waals surface area contributed by atoms with Crippen LogP contribution in [-0.4, -0.2) is 22.0 Å². The monoisotopic (exact) mass is 380 g/mol. The molecule has 3 rings (SSSR count). The lowest BCUT2D eigenvalue weighted by Crippen LogP contribution is -2.17. The Balaban J connectivity index is 1.56. The van der Waals surface area contributed by atoms with Crippen molar-refractivity contribution in [2.24, 2.45) is 5.10 Å². The van der Waals surface area contributed by atoms with Crippen molar-refractivity contribution in [1.29, 1.82) is 0 Å². The number of pyridine rings is 1. The van der Waals surface area contributed by atoms with E-state index in [-0.39, 0.29) is 17.1 Å². The van der Waals surface area contributed by atoms with Gasteiger partial charge in [0.25, 0.3) is 11.6 Å². The molecule has 1 amide bonds. The van der Waals surface area contributed by atoms with Crippen LogP contribution in [0.25, 0.3) is 0 Å². The number of nitro groups is 1. The molecule has 9 heteroatoms. The summed E-state index contributed by atoms with van der Waals surface area (Å²) in [6.07, 6.45) is 2.55. The van der Waals surface area contributed by atoms with Crippen LogP contribution in [0.3, 0.4) is 0 Å². The molecule has 2 aromatic carbocycles. The number of nitrogens with zero attached hydrogens (tertiary/aromatic N) is 3. The van der Waals surface area contributed by atoms with E-state index in [0.29, 0.717) is 11.3 Å². The molecule has 0 unspecified atom stereocenters. The number of hydrogen-bond acceptors (Lipinski definition) is 6. The van der Waals surface area contributed by atoms with Gasteiger partial charge in [-0.25, -0.2) is 14.8 Å². The van der Waals surface area contributed by atoms with E-state index in [1.54, 1.807) is 24.3 Å². The topological polar surface area (TPSA) is 107 Å². The number of hydrogen-bond donors (Lipinski definition) is 1. The van der Waals surface area contributed by atoms with E-state index in [0.717, 1.165) is 6.20 Å². The maximum absolute atomic E-state index is 12.8. The van der Waals surface area contributed by atoms with E-state index < -0.39 is 16.6 Å². The highest BCUT2D eigenvalue weighted by Crippen LogP contribution is 2.21. The molecular formula is C19H13FN4O4. The second kappa shape index (κ2) is 8.49. The van der Waals surface area contributed by atoms with Crippen LogP contribution in [0, 0.1) is 15.9 Å². The molecule has 1 aromatic heterocycles. The summed E-state index contributed by atoms with van der Waals surface area (Å²) < 4.78 is 18.3. The number of aromatic nitrogens is 1. The highest BCUT2D eigenvalue weighted by atomic mass is 19.1. The molecule has 0 saturated heterocycles. The van der Waals surface area contributed by atoms with Crippen LogP contribution in [0.5, 0.6) is 11.6 Å². The van der Waals surface area contributed by atoms with Crippen LogP contribution in [0.1, 0.15) is 15.9 Å². The molecule has 3 aromatic rings. The van der Waals surface area contributed by atoms with Crippen LogP contribution in [0.15, 0.2) is 72.0 Å². The number of hydrazone groups is 1. The fourth-order valence-corrected chi connectivity index (χ4v) is 2.11. The normalized spacial score (nSPS) is 10.6. The zero-order valence-corrected chi connectivity index (χ0v) is 14.3. The Bertz CT molecular complexity index is 1000. The van der Waals surface area contributed by atoms with E-state index in [9.17, 15) is 19.3 Å². The quantitative estimate of drug-likeness (QED) is 0.399. The van der Waals surface area contributed by atoms with E-state index >= 15 is 0 Å². The molecule has 0 aliphatic rings. The average molecular weight is 380 g/mol. The summed E-state index contributed by atoms with van der Waals surface area (Å²) >= 11 is 0. The molecule has 140 valence electrons. The maximum Gasteiger partial charge on any atom is 0.287 e. The number of amides is 1. The lowest BCUT2D eigenvalue weighted by atomic mass is 10.2. The van der Waals surface area contributed by atoms with Crippen LogP contribution < -0.4 is 10.2 Å². The van der Waals surface area contributed by atoms with Crippen molar-refractivity contribution in [3.63, 3.8) is 0 Å². The summed E-state index contributed by atoms with van der Waals surface area (Å²) in [5.74, 6) is -0.181. The van der Waals surface area contributed by atoms with E-state index in [1.165, 1.54) is 42.6 Å². The Morgan fingerprint density at radius 3 is 2.43 bits per heavy atom. The summed E-state index contributed by atoms with van der Waals surface area (Å²) in [5, 5.41) is 14.4. The van der Waals surface area contributed by atoms with Crippen molar-refractivity contribution in [3.05, 3.63) is 93.9 Å². The van der Waals surface area contributed by atoms with Crippen molar-refractivity contribution in [2.45, 2.75) is 0 Å².